The third-order valence-corrected chi connectivity index (χ3v) is 5.63. The van der Waals surface area contributed by atoms with Crippen molar-refractivity contribution >= 4 is 11.8 Å². The molecule has 19 heavy (non-hydrogen) atoms. The van der Waals surface area contributed by atoms with E-state index >= 15 is 4.39 Å². The van der Waals surface area contributed by atoms with Gasteiger partial charge in [-0.15, -0.1) is 11.8 Å². The predicted octanol–water partition coefficient (Wildman–Crippen LogP) is 3.45. The van der Waals surface area contributed by atoms with Gasteiger partial charge >= 0.3 is 0 Å². The highest BCUT2D eigenvalue weighted by atomic mass is 32.2. The molecule has 0 bridgehead atoms. The van der Waals surface area contributed by atoms with Crippen LogP contribution in [0.25, 0.3) is 0 Å². The van der Waals surface area contributed by atoms with Crippen LogP contribution in [0.1, 0.15) is 24.8 Å². The molecule has 2 heterocycles. The zero-order valence-electron chi connectivity index (χ0n) is 11.5. The summed E-state index contributed by atoms with van der Waals surface area (Å²) >= 11 is 1.63. The smallest absolute Gasteiger partial charge is 0.148 e. The van der Waals surface area contributed by atoms with E-state index in [-0.39, 0.29) is 0 Å². The highest BCUT2D eigenvalue weighted by molar-refractivity contribution is 7.99. The molecular formula is C15H20FNOS. The number of likely N-dealkylation sites (tertiary alicyclic amines) is 1. The molecular weight excluding hydrogens is 261 g/mol. The molecule has 2 aliphatic rings. The molecule has 1 unspecified atom stereocenters. The maximum absolute atomic E-state index is 15.3. The van der Waals surface area contributed by atoms with Gasteiger partial charge < -0.3 is 9.64 Å². The van der Waals surface area contributed by atoms with Gasteiger partial charge in [-0.3, -0.25) is 0 Å². The SMILES string of the molecule is COc1ccc2c(c1)C(F)(C[C@@H]1CCCN1C)CS2. The second-order valence-electron chi connectivity index (χ2n) is 5.60. The molecule has 1 aromatic carbocycles. The zero-order chi connectivity index (χ0) is 13.5. The molecule has 0 spiro atoms. The van der Waals surface area contributed by atoms with Gasteiger partial charge in [0.1, 0.15) is 11.4 Å². The van der Waals surface area contributed by atoms with E-state index in [4.69, 9.17) is 4.74 Å². The van der Waals surface area contributed by atoms with Crippen molar-refractivity contribution in [1.82, 2.24) is 4.90 Å². The van der Waals surface area contributed by atoms with Gasteiger partial charge in [-0.2, -0.15) is 0 Å². The summed E-state index contributed by atoms with van der Waals surface area (Å²) in [6.07, 6.45) is 2.91. The number of halogens is 1. The van der Waals surface area contributed by atoms with Gasteiger partial charge in [-0.05, 0) is 44.6 Å². The van der Waals surface area contributed by atoms with E-state index < -0.39 is 5.67 Å². The van der Waals surface area contributed by atoms with Crippen LogP contribution in [0, 0.1) is 0 Å². The molecule has 2 atom stereocenters. The normalized spacial score (nSPS) is 30.6. The Morgan fingerprint density at radius 3 is 3.05 bits per heavy atom. The highest BCUT2D eigenvalue weighted by Crippen LogP contribution is 2.49. The van der Waals surface area contributed by atoms with Gasteiger partial charge in [-0.25, -0.2) is 4.39 Å². The van der Waals surface area contributed by atoms with Gasteiger partial charge in [0.2, 0.25) is 0 Å². The molecule has 104 valence electrons. The van der Waals surface area contributed by atoms with E-state index in [0.717, 1.165) is 29.2 Å². The molecule has 0 amide bonds. The van der Waals surface area contributed by atoms with Crippen molar-refractivity contribution in [3.05, 3.63) is 23.8 Å². The quantitative estimate of drug-likeness (QED) is 0.842. The number of benzene rings is 1. The van der Waals surface area contributed by atoms with Crippen LogP contribution in [0.2, 0.25) is 0 Å². The van der Waals surface area contributed by atoms with Gasteiger partial charge in [0.25, 0.3) is 0 Å². The van der Waals surface area contributed by atoms with Gasteiger partial charge in [-0.1, -0.05) is 0 Å². The first-order chi connectivity index (χ1) is 9.12. The van der Waals surface area contributed by atoms with Crippen molar-refractivity contribution in [2.24, 2.45) is 0 Å². The highest BCUT2D eigenvalue weighted by Gasteiger charge is 2.43. The van der Waals surface area contributed by atoms with Crippen LogP contribution >= 0.6 is 11.8 Å². The lowest BCUT2D eigenvalue weighted by Crippen LogP contribution is -2.33. The summed E-state index contributed by atoms with van der Waals surface area (Å²) in [4.78, 5) is 3.37. The number of fused-ring (bicyclic) bond motifs is 1. The summed E-state index contributed by atoms with van der Waals surface area (Å²) < 4.78 is 20.6. The second-order valence-corrected chi connectivity index (χ2v) is 6.61. The first kappa shape index (κ1) is 13.3. The Bertz CT molecular complexity index is 481. The largest absolute Gasteiger partial charge is 0.497 e. The summed E-state index contributed by atoms with van der Waals surface area (Å²) in [6, 6.07) is 6.16. The summed E-state index contributed by atoms with van der Waals surface area (Å²) in [5.74, 6) is 1.29. The Balaban J connectivity index is 1.86. The lowest BCUT2D eigenvalue weighted by atomic mass is 9.90. The number of hydrogen-bond acceptors (Lipinski definition) is 3. The van der Waals surface area contributed by atoms with Gasteiger partial charge in [0.05, 0.1) is 7.11 Å². The van der Waals surface area contributed by atoms with E-state index in [1.54, 1.807) is 18.9 Å². The maximum Gasteiger partial charge on any atom is 0.148 e. The standard InChI is InChI=1S/C15H20FNOS/c1-17-7-3-4-11(17)9-15(16)10-19-14-6-5-12(18-2)8-13(14)15/h5-6,8,11H,3-4,7,9-10H2,1-2H3/t11-,15?/m0/s1. The van der Waals surface area contributed by atoms with E-state index in [0.29, 0.717) is 18.2 Å². The average molecular weight is 281 g/mol. The number of hydrogen-bond donors (Lipinski definition) is 0. The van der Waals surface area contributed by atoms with E-state index in [1.807, 2.05) is 18.2 Å². The molecule has 0 N–H and O–H groups in total. The Kier molecular flexibility index (Phi) is 3.48. The minimum absolute atomic E-state index is 0.378. The maximum atomic E-state index is 15.3. The van der Waals surface area contributed by atoms with Crippen LogP contribution in [0.4, 0.5) is 4.39 Å². The van der Waals surface area contributed by atoms with Crippen molar-refractivity contribution in [1.29, 1.82) is 0 Å². The van der Waals surface area contributed by atoms with Crippen molar-refractivity contribution in [2.75, 3.05) is 26.5 Å². The van der Waals surface area contributed by atoms with Crippen LogP contribution in [-0.4, -0.2) is 37.4 Å². The molecule has 1 aromatic rings. The number of ether oxygens (including phenoxy) is 1. The summed E-state index contributed by atoms with van der Waals surface area (Å²) in [5, 5.41) is 0. The monoisotopic (exact) mass is 281 g/mol. The molecule has 0 radical (unpaired) electrons. The lowest BCUT2D eigenvalue weighted by Gasteiger charge is -2.28. The summed E-state index contributed by atoms with van der Waals surface area (Å²) in [5.41, 5.74) is -0.366. The Hall–Kier alpha value is -0.740. The third kappa shape index (κ3) is 2.36. The van der Waals surface area contributed by atoms with Crippen LogP contribution < -0.4 is 4.74 Å². The van der Waals surface area contributed by atoms with E-state index in [2.05, 4.69) is 11.9 Å². The molecule has 0 saturated carbocycles. The minimum atomic E-state index is -1.20. The van der Waals surface area contributed by atoms with Crippen molar-refractivity contribution in [3.8, 4) is 5.75 Å². The average Bonchev–Trinajstić information content (AvgIpc) is 2.95. The number of nitrogens with zero attached hydrogens (tertiary/aromatic N) is 1. The topological polar surface area (TPSA) is 12.5 Å². The first-order valence-electron chi connectivity index (χ1n) is 6.83. The fraction of sp³-hybridized carbons (Fsp3) is 0.600. The third-order valence-electron chi connectivity index (χ3n) is 4.36. The van der Waals surface area contributed by atoms with Crippen LogP contribution in [-0.2, 0) is 5.67 Å². The number of thioether (sulfide) groups is 1. The van der Waals surface area contributed by atoms with Crippen molar-refractivity contribution in [3.63, 3.8) is 0 Å². The molecule has 3 rings (SSSR count). The number of methoxy groups -OCH3 is 1. The zero-order valence-corrected chi connectivity index (χ0v) is 12.3. The summed E-state index contributed by atoms with van der Waals surface area (Å²) in [6.45, 7) is 1.10. The molecule has 0 aliphatic carbocycles. The molecule has 1 fully saturated rings. The van der Waals surface area contributed by atoms with Crippen molar-refractivity contribution < 1.29 is 9.13 Å². The van der Waals surface area contributed by atoms with Gasteiger partial charge in [0.15, 0.2) is 0 Å². The van der Waals surface area contributed by atoms with Gasteiger partial charge in [0, 0.05) is 28.7 Å². The molecule has 2 nitrogen and oxygen atoms in total. The molecule has 4 heteroatoms. The summed E-state index contributed by atoms with van der Waals surface area (Å²) in [7, 11) is 3.74. The van der Waals surface area contributed by atoms with E-state index in [1.165, 1.54) is 6.42 Å². The minimum Gasteiger partial charge on any atom is -0.497 e. The fourth-order valence-corrected chi connectivity index (χ4v) is 4.38. The first-order valence-corrected chi connectivity index (χ1v) is 7.81. The van der Waals surface area contributed by atoms with Crippen LogP contribution in [0.3, 0.4) is 0 Å². The molecule has 2 aliphatic heterocycles. The fourth-order valence-electron chi connectivity index (χ4n) is 3.16. The Morgan fingerprint density at radius 2 is 2.37 bits per heavy atom. The predicted molar refractivity (Wildman–Crippen MR) is 76.8 cm³/mol. The Labute approximate surface area is 118 Å². The van der Waals surface area contributed by atoms with Crippen molar-refractivity contribution in [2.45, 2.75) is 35.9 Å². The van der Waals surface area contributed by atoms with Crippen LogP contribution in [0.5, 0.6) is 5.75 Å². The number of rotatable bonds is 3. The molecule has 1 saturated heterocycles. The second kappa shape index (κ2) is 4.98. The lowest BCUT2D eigenvalue weighted by molar-refractivity contribution is 0.133. The van der Waals surface area contributed by atoms with Crippen LogP contribution in [0.15, 0.2) is 23.1 Å². The molecule has 0 aromatic heterocycles. The van der Waals surface area contributed by atoms with E-state index in [9.17, 15) is 0 Å². The Morgan fingerprint density at radius 1 is 1.53 bits per heavy atom. The number of alkyl halides is 1.